The fourth-order valence-electron chi connectivity index (χ4n) is 4.84. The van der Waals surface area contributed by atoms with Crippen molar-refractivity contribution >= 4 is 27.8 Å². The van der Waals surface area contributed by atoms with Crippen LogP contribution in [0.2, 0.25) is 0 Å². The summed E-state index contributed by atoms with van der Waals surface area (Å²) in [4.78, 5) is 36.3. The zero-order chi connectivity index (χ0) is 24.9. The molecule has 0 aliphatic rings. The van der Waals surface area contributed by atoms with Gasteiger partial charge in [-0.1, -0.05) is 6.07 Å². The number of H-pyrrole nitrogens is 2. The van der Waals surface area contributed by atoms with E-state index in [1.165, 1.54) is 0 Å². The number of benzene rings is 2. The minimum atomic E-state index is -0.205. The van der Waals surface area contributed by atoms with Crippen LogP contribution in [0.4, 0.5) is 0 Å². The lowest BCUT2D eigenvalue weighted by Gasteiger charge is -2.14. The molecule has 0 saturated heterocycles. The van der Waals surface area contributed by atoms with Gasteiger partial charge in [-0.05, 0) is 87.2 Å². The zero-order valence-electron chi connectivity index (χ0n) is 20.6. The van der Waals surface area contributed by atoms with Gasteiger partial charge in [0.25, 0.3) is 11.5 Å². The van der Waals surface area contributed by atoms with Crippen LogP contribution >= 0.6 is 0 Å². The molecule has 0 fully saturated rings. The number of carbonyl (C=O) groups is 1. The van der Waals surface area contributed by atoms with Gasteiger partial charge in [0.15, 0.2) is 0 Å². The average molecular weight is 468 g/mol. The van der Waals surface area contributed by atoms with Crippen molar-refractivity contribution in [3.63, 3.8) is 0 Å². The average Bonchev–Trinajstić information content (AvgIpc) is 3.41. The second-order valence-corrected chi connectivity index (χ2v) is 9.49. The molecule has 5 rings (SSSR count). The minimum absolute atomic E-state index is 0.163. The van der Waals surface area contributed by atoms with Gasteiger partial charge in [0.05, 0.1) is 17.4 Å². The predicted octanol–water partition coefficient (Wildman–Crippen LogP) is 5.31. The molecule has 0 radical (unpaired) electrons. The Balaban J connectivity index is 1.61. The third kappa shape index (κ3) is 4.03. The smallest absolute Gasteiger partial charge is 0.253 e. The number of nitrogens with zero attached hydrogens (tertiary/aromatic N) is 2. The topological polar surface area (TPSA) is 95.6 Å². The van der Waals surface area contributed by atoms with Crippen molar-refractivity contribution in [1.82, 2.24) is 24.8 Å². The molecule has 0 aliphatic carbocycles. The van der Waals surface area contributed by atoms with E-state index < -0.39 is 0 Å². The van der Waals surface area contributed by atoms with Crippen LogP contribution in [0.5, 0.6) is 0 Å². The summed E-state index contributed by atoms with van der Waals surface area (Å²) in [6.45, 7) is 10.2. The molecule has 0 bridgehead atoms. The van der Waals surface area contributed by atoms with Gasteiger partial charge in [0, 0.05) is 46.5 Å². The molecule has 0 saturated carbocycles. The number of rotatable bonds is 5. The highest BCUT2D eigenvalue weighted by Gasteiger charge is 2.19. The van der Waals surface area contributed by atoms with E-state index in [1.807, 2.05) is 45.0 Å². The van der Waals surface area contributed by atoms with Crippen LogP contribution in [-0.2, 0) is 6.54 Å². The Kier molecular flexibility index (Phi) is 5.55. The van der Waals surface area contributed by atoms with E-state index in [0.717, 1.165) is 49.9 Å². The van der Waals surface area contributed by atoms with E-state index in [-0.39, 0.29) is 24.1 Å². The molecule has 5 aromatic rings. The molecule has 35 heavy (non-hydrogen) atoms. The molecular weight excluding hydrogens is 438 g/mol. The van der Waals surface area contributed by atoms with Crippen LogP contribution in [0.1, 0.15) is 52.6 Å². The first kappa shape index (κ1) is 22.7. The fraction of sp³-hybridized carbons (Fsp3) is 0.250. The fourth-order valence-corrected chi connectivity index (χ4v) is 4.84. The number of pyridine rings is 1. The number of aromatic nitrogens is 4. The number of carbonyl (C=O) groups excluding carboxylic acids is 1. The normalized spacial score (nSPS) is 11.6. The molecule has 2 aromatic carbocycles. The highest BCUT2D eigenvalue weighted by Crippen LogP contribution is 2.33. The molecule has 178 valence electrons. The van der Waals surface area contributed by atoms with Gasteiger partial charge in [0.2, 0.25) is 0 Å². The largest absolute Gasteiger partial charge is 0.348 e. The third-order valence-electron chi connectivity index (χ3n) is 6.60. The standard InChI is InChI=1S/C28H29N5O2/c1-15(2)33-13-17(4)26-21(27(34)29-12-22-16(3)8-18(5)32-28(22)35)9-20(11-25(26)33)19-6-7-23-24(10-19)31-14-30-23/h6-11,13-15H,12H2,1-5H3,(H,29,34)(H,30,31)(H,32,35). The number of hydrogen-bond acceptors (Lipinski definition) is 3. The summed E-state index contributed by atoms with van der Waals surface area (Å²) in [5.74, 6) is -0.205. The quantitative estimate of drug-likeness (QED) is 0.327. The van der Waals surface area contributed by atoms with Crippen molar-refractivity contribution in [2.45, 2.75) is 47.2 Å². The highest BCUT2D eigenvalue weighted by atomic mass is 16.1. The number of hydrogen-bond donors (Lipinski definition) is 3. The van der Waals surface area contributed by atoms with E-state index in [0.29, 0.717) is 11.1 Å². The molecule has 0 atom stereocenters. The molecule has 0 aliphatic heterocycles. The van der Waals surface area contributed by atoms with E-state index in [4.69, 9.17) is 0 Å². The molecule has 1 amide bonds. The van der Waals surface area contributed by atoms with Crippen LogP contribution in [0.15, 0.2) is 53.7 Å². The van der Waals surface area contributed by atoms with Gasteiger partial charge in [-0.15, -0.1) is 0 Å². The summed E-state index contributed by atoms with van der Waals surface area (Å²) in [7, 11) is 0. The lowest BCUT2D eigenvalue weighted by molar-refractivity contribution is 0.0952. The van der Waals surface area contributed by atoms with Gasteiger partial charge < -0.3 is 19.9 Å². The number of amides is 1. The van der Waals surface area contributed by atoms with Gasteiger partial charge in [-0.25, -0.2) is 4.98 Å². The Hall–Kier alpha value is -4.13. The van der Waals surface area contributed by atoms with Crippen molar-refractivity contribution in [2.24, 2.45) is 0 Å². The Bertz CT molecular complexity index is 1650. The molecule has 0 unspecified atom stereocenters. The number of fused-ring (bicyclic) bond motifs is 2. The van der Waals surface area contributed by atoms with Gasteiger partial charge in [0.1, 0.15) is 0 Å². The summed E-state index contributed by atoms with van der Waals surface area (Å²) in [6.07, 6.45) is 3.78. The van der Waals surface area contributed by atoms with Crippen molar-refractivity contribution in [3.05, 3.63) is 87.2 Å². The Morgan fingerprint density at radius 1 is 1.06 bits per heavy atom. The van der Waals surface area contributed by atoms with Crippen LogP contribution in [-0.4, -0.2) is 25.4 Å². The summed E-state index contributed by atoms with van der Waals surface area (Å²) in [5, 5.41) is 3.92. The summed E-state index contributed by atoms with van der Waals surface area (Å²) < 4.78 is 2.20. The lowest BCUT2D eigenvalue weighted by atomic mass is 9.97. The second kappa shape index (κ2) is 8.58. The Labute approximate surface area is 203 Å². The van der Waals surface area contributed by atoms with Gasteiger partial charge in [-0.2, -0.15) is 0 Å². The summed E-state index contributed by atoms with van der Waals surface area (Å²) >= 11 is 0. The molecule has 3 N–H and O–H groups in total. The first-order chi connectivity index (χ1) is 16.7. The maximum Gasteiger partial charge on any atom is 0.253 e. The molecular formula is C28H29N5O2. The number of aromatic amines is 2. The van der Waals surface area contributed by atoms with E-state index in [1.54, 1.807) is 6.33 Å². The summed E-state index contributed by atoms with van der Waals surface area (Å²) in [5.41, 5.74) is 8.49. The van der Waals surface area contributed by atoms with Crippen molar-refractivity contribution in [1.29, 1.82) is 0 Å². The van der Waals surface area contributed by atoms with Crippen LogP contribution in [0, 0.1) is 20.8 Å². The number of imidazole rings is 1. The first-order valence-corrected chi connectivity index (χ1v) is 11.8. The maximum atomic E-state index is 13.6. The number of aryl methyl sites for hydroxylation is 3. The minimum Gasteiger partial charge on any atom is -0.348 e. The van der Waals surface area contributed by atoms with Crippen molar-refractivity contribution in [2.75, 3.05) is 0 Å². The van der Waals surface area contributed by atoms with E-state index in [9.17, 15) is 9.59 Å². The van der Waals surface area contributed by atoms with E-state index >= 15 is 0 Å². The van der Waals surface area contributed by atoms with Crippen LogP contribution in [0.3, 0.4) is 0 Å². The highest BCUT2D eigenvalue weighted by molar-refractivity contribution is 6.09. The van der Waals surface area contributed by atoms with Crippen LogP contribution in [0.25, 0.3) is 33.1 Å². The Morgan fingerprint density at radius 3 is 2.60 bits per heavy atom. The molecule has 3 heterocycles. The van der Waals surface area contributed by atoms with Crippen LogP contribution < -0.4 is 10.9 Å². The summed E-state index contributed by atoms with van der Waals surface area (Å²) in [6, 6.07) is 12.3. The van der Waals surface area contributed by atoms with Gasteiger partial charge >= 0.3 is 0 Å². The second-order valence-electron chi connectivity index (χ2n) is 9.49. The monoisotopic (exact) mass is 467 g/mol. The van der Waals surface area contributed by atoms with E-state index in [2.05, 4.69) is 57.0 Å². The predicted molar refractivity (Wildman–Crippen MR) is 140 cm³/mol. The molecule has 0 spiro atoms. The number of nitrogens with one attached hydrogen (secondary N) is 3. The maximum absolute atomic E-state index is 13.6. The van der Waals surface area contributed by atoms with Crippen molar-refractivity contribution in [3.8, 4) is 11.1 Å². The third-order valence-corrected chi connectivity index (χ3v) is 6.60. The zero-order valence-corrected chi connectivity index (χ0v) is 20.6. The molecule has 3 aromatic heterocycles. The molecule has 7 nitrogen and oxygen atoms in total. The van der Waals surface area contributed by atoms with Gasteiger partial charge in [-0.3, -0.25) is 9.59 Å². The Morgan fingerprint density at radius 2 is 1.86 bits per heavy atom. The SMILES string of the molecule is Cc1cc(C)c(CNC(=O)c2cc(-c3ccc4nc[nH]c4c3)cc3c2c(C)cn3C(C)C)c(=O)[nH]1. The van der Waals surface area contributed by atoms with Crippen molar-refractivity contribution < 1.29 is 4.79 Å². The lowest BCUT2D eigenvalue weighted by Crippen LogP contribution is -2.28. The molecule has 7 heteroatoms. The first-order valence-electron chi connectivity index (χ1n) is 11.8.